The maximum atomic E-state index is 13.6. The number of aromatic nitrogens is 1. The summed E-state index contributed by atoms with van der Waals surface area (Å²) in [4.78, 5) is 41.3. The third-order valence-corrected chi connectivity index (χ3v) is 7.35. The molecule has 0 radical (unpaired) electrons. The second-order valence-electron chi connectivity index (χ2n) is 7.02. The van der Waals surface area contributed by atoms with E-state index >= 15 is 0 Å². The summed E-state index contributed by atoms with van der Waals surface area (Å²) in [5.74, 6) is -9.41. The molecule has 1 aromatic heterocycles. The number of alkyl halides is 2. The normalized spacial score (nSPS) is 26.5. The van der Waals surface area contributed by atoms with Gasteiger partial charge in [0.25, 0.3) is 5.91 Å². The summed E-state index contributed by atoms with van der Waals surface area (Å²) in [5, 5.41) is -1.33. The number of ether oxygens (including phenoxy) is 1. The maximum absolute atomic E-state index is 13.6. The van der Waals surface area contributed by atoms with Crippen LogP contribution in [0.5, 0.6) is 0 Å². The predicted molar refractivity (Wildman–Crippen MR) is 94.3 cm³/mol. The summed E-state index contributed by atoms with van der Waals surface area (Å²) in [7, 11) is -3.97. The highest BCUT2D eigenvalue weighted by Gasteiger charge is 2.55. The van der Waals surface area contributed by atoms with Crippen LogP contribution in [0.25, 0.3) is 0 Å². The Kier molecular flexibility index (Phi) is 5.70. The first-order valence-corrected chi connectivity index (χ1v) is 10.7. The van der Waals surface area contributed by atoms with Gasteiger partial charge in [-0.15, -0.1) is 0 Å². The van der Waals surface area contributed by atoms with Crippen molar-refractivity contribution in [3.05, 3.63) is 24.4 Å². The van der Waals surface area contributed by atoms with Crippen LogP contribution in [0.3, 0.4) is 0 Å². The van der Waals surface area contributed by atoms with E-state index < -0.39 is 63.6 Å². The van der Waals surface area contributed by atoms with Gasteiger partial charge in [-0.3, -0.25) is 19.3 Å². The van der Waals surface area contributed by atoms with Crippen LogP contribution in [-0.2, 0) is 29.0 Å². The number of nitrogens with zero attached hydrogens (tertiary/aromatic N) is 2. The van der Waals surface area contributed by atoms with Crippen LogP contribution in [0.1, 0.15) is 26.2 Å². The average Bonchev–Trinajstić information content (AvgIpc) is 3.25. The molecule has 2 amide bonds. The van der Waals surface area contributed by atoms with Crippen molar-refractivity contribution in [2.75, 3.05) is 13.2 Å². The molecule has 158 valence electrons. The van der Waals surface area contributed by atoms with Crippen LogP contribution in [0.2, 0.25) is 0 Å². The van der Waals surface area contributed by atoms with Crippen molar-refractivity contribution in [3.63, 3.8) is 0 Å². The Morgan fingerprint density at radius 2 is 1.97 bits per heavy atom. The molecule has 3 rings (SSSR count). The number of rotatable bonds is 5. The van der Waals surface area contributed by atoms with E-state index in [4.69, 9.17) is 4.74 Å². The van der Waals surface area contributed by atoms with Crippen LogP contribution < -0.4 is 0 Å². The van der Waals surface area contributed by atoms with Crippen LogP contribution in [0, 0.1) is 11.8 Å². The largest absolute Gasteiger partial charge is 0.466 e. The fourth-order valence-electron chi connectivity index (χ4n) is 3.78. The van der Waals surface area contributed by atoms with Crippen molar-refractivity contribution < 1.29 is 36.3 Å². The van der Waals surface area contributed by atoms with Crippen molar-refractivity contribution in [2.24, 2.45) is 11.8 Å². The van der Waals surface area contributed by atoms with Gasteiger partial charge in [0, 0.05) is 19.2 Å². The Hall–Kier alpha value is -2.43. The molecule has 8 nitrogen and oxygen atoms in total. The number of halogens is 2. The van der Waals surface area contributed by atoms with Gasteiger partial charge in [0.15, 0.2) is 14.9 Å². The van der Waals surface area contributed by atoms with Crippen LogP contribution in [-0.4, -0.2) is 60.4 Å². The van der Waals surface area contributed by atoms with E-state index in [1.165, 1.54) is 18.3 Å². The number of amides is 2. The number of hydrogen-bond acceptors (Lipinski definition) is 7. The zero-order valence-corrected chi connectivity index (χ0v) is 16.4. The molecule has 2 fully saturated rings. The fraction of sp³-hybridized carbons (Fsp3) is 0.556. The topological polar surface area (TPSA) is 111 Å². The highest BCUT2D eigenvalue weighted by atomic mass is 32.2. The van der Waals surface area contributed by atoms with E-state index in [0.29, 0.717) is 4.90 Å². The second-order valence-corrected chi connectivity index (χ2v) is 9.20. The highest BCUT2D eigenvalue weighted by molar-refractivity contribution is 7.92. The zero-order chi connectivity index (χ0) is 21.4. The lowest BCUT2D eigenvalue weighted by molar-refractivity contribution is -0.160. The van der Waals surface area contributed by atoms with E-state index in [9.17, 15) is 31.6 Å². The summed E-state index contributed by atoms with van der Waals surface area (Å²) < 4.78 is 57.9. The number of imide groups is 1. The van der Waals surface area contributed by atoms with Crippen LogP contribution in [0.15, 0.2) is 29.4 Å². The molecule has 1 saturated carbocycles. The van der Waals surface area contributed by atoms with Crippen LogP contribution in [0.4, 0.5) is 8.78 Å². The third-order valence-electron chi connectivity index (χ3n) is 5.27. The van der Waals surface area contributed by atoms with Crippen molar-refractivity contribution in [3.8, 4) is 0 Å². The molecule has 1 unspecified atom stereocenters. The molecule has 29 heavy (non-hydrogen) atoms. The van der Waals surface area contributed by atoms with Gasteiger partial charge in [-0.05, 0) is 31.9 Å². The molecule has 3 atom stereocenters. The first-order valence-electron chi connectivity index (χ1n) is 9.14. The summed E-state index contributed by atoms with van der Waals surface area (Å²) in [5.41, 5.74) is 0. The number of esters is 1. The number of carbonyl (C=O) groups is 3. The van der Waals surface area contributed by atoms with Gasteiger partial charge >= 0.3 is 11.9 Å². The van der Waals surface area contributed by atoms with E-state index in [1.807, 2.05) is 0 Å². The minimum absolute atomic E-state index is 0.00855. The molecule has 0 N–H and O–H groups in total. The standard InChI is InChI=1S/C18H20F2N2O6S/c1-2-28-16(24)13-10-11(29(26,27)14-5-3-4-7-21-14)9-12(13)15(23)22-8-6-18(19,20)17(22)25/h3-5,7,11-13H,2,6,8-10H2,1H3/t11?,12-,13-/m1/s1. The average molecular weight is 430 g/mol. The SMILES string of the molecule is CCOC(=O)[C@@H]1CC(S(=O)(=O)c2ccccn2)C[C@H]1C(=O)N1CCC(F)(F)C1=O. The van der Waals surface area contributed by atoms with Gasteiger partial charge in [0.1, 0.15) is 0 Å². The minimum atomic E-state index is -3.97. The number of likely N-dealkylation sites (tertiary alicyclic amines) is 1. The molecular formula is C18H20F2N2O6S. The second kappa shape index (κ2) is 7.77. The quantitative estimate of drug-likeness (QED) is 0.510. The smallest absolute Gasteiger partial charge is 0.326 e. The third kappa shape index (κ3) is 3.87. The van der Waals surface area contributed by atoms with E-state index in [0.717, 1.165) is 0 Å². The molecule has 0 aromatic carbocycles. The van der Waals surface area contributed by atoms with E-state index in [2.05, 4.69) is 4.98 Å². The molecule has 2 heterocycles. The molecule has 0 bridgehead atoms. The molecule has 0 spiro atoms. The summed E-state index contributed by atoms with van der Waals surface area (Å²) in [6, 6.07) is 4.33. The molecular weight excluding hydrogens is 410 g/mol. The van der Waals surface area contributed by atoms with Gasteiger partial charge in [-0.2, -0.15) is 8.78 Å². The predicted octanol–water partition coefficient (Wildman–Crippen LogP) is 1.21. The van der Waals surface area contributed by atoms with E-state index in [-0.39, 0.29) is 24.5 Å². The zero-order valence-electron chi connectivity index (χ0n) is 15.6. The lowest BCUT2D eigenvalue weighted by Gasteiger charge is -2.22. The molecule has 2 aliphatic rings. The Morgan fingerprint density at radius 1 is 1.28 bits per heavy atom. The fourth-order valence-corrected chi connectivity index (χ4v) is 5.52. The number of sulfone groups is 1. The van der Waals surface area contributed by atoms with Gasteiger partial charge in [0.05, 0.1) is 23.7 Å². The van der Waals surface area contributed by atoms with Gasteiger partial charge < -0.3 is 4.74 Å². The molecule has 1 aliphatic heterocycles. The Morgan fingerprint density at radius 3 is 2.52 bits per heavy atom. The van der Waals surface area contributed by atoms with Crippen molar-refractivity contribution >= 4 is 27.6 Å². The van der Waals surface area contributed by atoms with Crippen molar-refractivity contribution in [2.45, 2.75) is 42.4 Å². The Bertz CT molecular complexity index is 922. The molecule has 11 heteroatoms. The minimum Gasteiger partial charge on any atom is -0.466 e. The lowest BCUT2D eigenvalue weighted by Crippen LogP contribution is -2.43. The first-order chi connectivity index (χ1) is 13.6. The van der Waals surface area contributed by atoms with Gasteiger partial charge in [-0.25, -0.2) is 13.4 Å². The molecule has 1 aromatic rings. The molecule has 1 saturated heterocycles. The van der Waals surface area contributed by atoms with E-state index in [1.54, 1.807) is 13.0 Å². The van der Waals surface area contributed by atoms with Crippen molar-refractivity contribution in [1.29, 1.82) is 0 Å². The maximum Gasteiger partial charge on any atom is 0.326 e. The molecule has 1 aliphatic carbocycles. The summed E-state index contributed by atoms with van der Waals surface area (Å²) in [6.07, 6.45) is 0.00541. The summed E-state index contributed by atoms with van der Waals surface area (Å²) >= 11 is 0. The van der Waals surface area contributed by atoms with Crippen molar-refractivity contribution in [1.82, 2.24) is 9.88 Å². The van der Waals surface area contributed by atoms with Gasteiger partial charge in [-0.1, -0.05) is 6.07 Å². The van der Waals surface area contributed by atoms with Gasteiger partial charge in [0.2, 0.25) is 5.91 Å². The lowest BCUT2D eigenvalue weighted by atomic mass is 9.94. The Labute approximate surface area is 166 Å². The summed E-state index contributed by atoms with van der Waals surface area (Å²) in [6.45, 7) is 1.08. The number of hydrogen-bond donors (Lipinski definition) is 0. The number of carbonyl (C=O) groups excluding carboxylic acids is 3. The highest BCUT2D eigenvalue weighted by Crippen LogP contribution is 2.41. The van der Waals surface area contributed by atoms with Crippen LogP contribution >= 0.6 is 0 Å². The number of pyridine rings is 1. The monoisotopic (exact) mass is 430 g/mol. The first kappa shape index (κ1) is 21.3. The Balaban J connectivity index is 1.89.